The molecule has 0 radical (unpaired) electrons. The lowest BCUT2D eigenvalue weighted by Gasteiger charge is -2.45. The molecule has 3 nitrogen and oxygen atoms in total. The Balaban J connectivity index is 5.61. The Labute approximate surface area is 164 Å². The summed E-state index contributed by atoms with van der Waals surface area (Å²) in [5.74, 6) is 0.0706. The van der Waals surface area contributed by atoms with Gasteiger partial charge in [-0.05, 0) is 50.9 Å². The Kier molecular flexibility index (Phi) is 10.9. The Hall–Kier alpha value is -0.163. The van der Waals surface area contributed by atoms with E-state index in [-0.39, 0.29) is 23.5 Å². The molecule has 0 saturated carbocycles. The van der Waals surface area contributed by atoms with Crippen LogP contribution in [-0.4, -0.2) is 38.8 Å². The van der Waals surface area contributed by atoms with Crippen LogP contribution in [0.25, 0.3) is 0 Å². The molecule has 0 aromatic heterocycles. The van der Waals surface area contributed by atoms with Gasteiger partial charge in [-0.3, -0.25) is 0 Å². The normalized spacial score (nSPS) is 18.9. The van der Waals surface area contributed by atoms with Crippen molar-refractivity contribution in [1.29, 1.82) is 0 Å². The lowest BCUT2D eigenvalue weighted by Crippen LogP contribution is -2.50. The van der Waals surface area contributed by atoms with Gasteiger partial charge in [-0.1, -0.05) is 54.0 Å². The highest BCUT2D eigenvalue weighted by Gasteiger charge is 2.43. The maximum Gasteiger partial charge on any atom is 0.192 e. The Morgan fingerprint density at radius 1 is 0.962 bits per heavy atom. The first kappa shape index (κ1) is 25.8. The molecular formula is C22H46O3Si. The number of methoxy groups -OCH3 is 1. The van der Waals surface area contributed by atoms with E-state index in [0.29, 0.717) is 0 Å². The number of hydrogen-bond acceptors (Lipinski definition) is 3. The summed E-state index contributed by atoms with van der Waals surface area (Å²) in [6.45, 7) is 21.7. The summed E-state index contributed by atoms with van der Waals surface area (Å²) in [6, 6.07) is 3.42. The molecule has 0 aromatic carbocycles. The Morgan fingerprint density at radius 2 is 1.42 bits per heavy atom. The first-order chi connectivity index (χ1) is 12.0. The Bertz CT molecular complexity index is 432. The van der Waals surface area contributed by atoms with E-state index < -0.39 is 14.4 Å². The summed E-state index contributed by atoms with van der Waals surface area (Å²) in [7, 11) is 0.0263. The largest absolute Gasteiger partial charge is 0.413 e. The van der Waals surface area contributed by atoms with Gasteiger partial charge in [0.15, 0.2) is 8.32 Å². The van der Waals surface area contributed by atoms with Crippen LogP contribution in [-0.2, 0) is 9.16 Å². The summed E-state index contributed by atoms with van der Waals surface area (Å²) in [6.07, 6.45) is 0.635. The van der Waals surface area contributed by atoms with E-state index in [1.807, 2.05) is 0 Å². The lowest BCUT2D eigenvalue weighted by atomic mass is 9.72. The molecule has 4 heteroatoms. The molecular weight excluding hydrogens is 340 g/mol. The molecule has 0 fully saturated rings. The summed E-state index contributed by atoms with van der Waals surface area (Å²) in [5, 5.41) is 11.3. The highest BCUT2D eigenvalue weighted by Crippen LogP contribution is 2.39. The minimum Gasteiger partial charge on any atom is -0.413 e. The molecule has 1 N–H and O–H groups in total. The summed E-state index contributed by atoms with van der Waals surface area (Å²) >= 11 is 0. The molecule has 0 amide bonds. The van der Waals surface area contributed by atoms with E-state index in [4.69, 9.17) is 9.16 Å². The van der Waals surface area contributed by atoms with Crippen LogP contribution in [0.15, 0.2) is 11.1 Å². The quantitative estimate of drug-likeness (QED) is 0.321. The predicted molar refractivity (Wildman–Crippen MR) is 116 cm³/mol. The van der Waals surface area contributed by atoms with Crippen LogP contribution >= 0.6 is 0 Å². The van der Waals surface area contributed by atoms with E-state index >= 15 is 0 Å². The van der Waals surface area contributed by atoms with E-state index in [2.05, 4.69) is 69.2 Å². The topological polar surface area (TPSA) is 38.7 Å². The van der Waals surface area contributed by atoms with Crippen LogP contribution in [0.2, 0.25) is 18.1 Å². The van der Waals surface area contributed by atoms with E-state index in [9.17, 15) is 5.11 Å². The third kappa shape index (κ3) is 5.92. The van der Waals surface area contributed by atoms with Crippen LogP contribution in [0.4, 0.5) is 0 Å². The van der Waals surface area contributed by atoms with Gasteiger partial charge in [-0.15, -0.1) is 0 Å². The molecule has 4 atom stereocenters. The van der Waals surface area contributed by atoms with Gasteiger partial charge in [0.05, 0.1) is 18.3 Å². The standard InChI is InChI=1S/C22H46O3Si/c1-12-20(25-26(13-2,14-3)15-4)22(9,10)21(23)18(7)16(5)17(6)19(8)24-11/h18-21,23H,12-15H2,1-11H3/b17-16+/t18-,19?,20?,21-/m0/s1. The van der Waals surface area contributed by atoms with Crippen molar-refractivity contribution in [3.05, 3.63) is 11.1 Å². The van der Waals surface area contributed by atoms with Crippen molar-refractivity contribution in [2.24, 2.45) is 11.3 Å². The summed E-state index contributed by atoms with van der Waals surface area (Å²) < 4.78 is 12.3. The highest BCUT2D eigenvalue weighted by molar-refractivity contribution is 6.73. The second-order valence-electron chi connectivity index (χ2n) is 8.56. The van der Waals surface area contributed by atoms with Crippen molar-refractivity contribution in [2.45, 2.75) is 112 Å². The number of rotatable bonds is 12. The number of hydrogen-bond donors (Lipinski definition) is 1. The molecule has 0 bridgehead atoms. The van der Waals surface area contributed by atoms with Gasteiger partial charge in [-0.2, -0.15) is 0 Å². The third-order valence-corrected chi connectivity index (χ3v) is 11.7. The van der Waals surface area contributed by atoms with Crippen molar-refractivity contribution in [3.63, 3.8) is 0 Å². The molecule has 0 saturated heterocycles. The monoisotopic (exact) mass is 386 g/mol. The lowest BCUT2D eigenvalue weighted by molar-refractivity contribution is -0.0592. The molecule has 0 rings (SSSR count). The molecule has 26 heavy (non-hydrogen) atoms. The average molecular weight is 387 g/mol. The van der Waals surface area contributed by atoms with Gasteiger partial charge in [0.25, 0.3) is 0 Å². The van der Waals surface area contributed by atoms with Crippen molar-refractivity contribution in [3.8, 4) is 0 Å². The SMILES string of the molecule is CCC(O[Si](CC)(CC)CC)C(C)(C)[C@@H](O)[C@@H](C)/C(C)=C(\C)C(C)OC. The van der Waals surface area contributed by atoms with E-state index in [1.54, 1.807) is 7.11 Å². The minimum atomic E-state index is -1.71. The second-order valence-corrected chi connectivity index (χ2v) is 13.3. The second kappa shape index (κ2) is 11.0. The van der Waals surface area contributed by atoms with Gasteiger partial charge in [0.1, 0.15) is 0 Å². The molecule has 156 valence electrons. The van der Waals surface area contributed by atoms with E-state index in [0.717, 1.165) is 24.6 Å². The maximum atomic E-state index is 11.3. The third-order valence-electron chi connectivity index (χ3n) is 7.03. The first-order valence-electron chi connectivity index (χ1n) is 10.5. The van der Waals surface area contributed by atoms with Crippen LogP contribution in [0.5, 0.6) is 0 Å². The zero-order chi connectivity index (χ0) is 20.7. The minimum absolute atomic E-state index is 0.0706. The maximum absolute atomic E-state index is 11.3. The molecule has 0 aliphatic carbocycles. The van der Waals surface area contributed by atoms with Gasteiger partial charge in [0.2, 0.25) is 0 Å². The van der Waals surface area contributed by atoms with Crippen molar-refractivity contribution < 1.29 is 14.3 Å². The fraction of sp³-hybridized carbons (Fsp3) is 0.909. The van der Waals surface area contributed by atoms with Gasteiger partial charge in [0, 0.05) is 18.4 Å². The molecule has 0 aliphatic rings. The fourth-order valence-electron chi connectivity index (χ4n) is 3.99. The number of ether oxygens (including phenoxy) is 1. The fourth-order valence-corrected chi connectivity index (χ4v) is 7.07. The molecule has 0 spiro atoms. The van der Waals surface area contributed by atoms with Crippen molar-refractivity contribution in [1.82, 2.24) is 0 Å². The smallest absolute Gasteiger partial charge is 0.192 e. The summed E-state index contributed by atoms with van der Waals surface area (Å²) in [5.41, 5.74) is 2.13. The number of aliphatic hydroxyl groups is 1. The van der Waals surface area contributed by atoms with Gasteiger partial charge < -0.3 is 14.3 Å². The van der Waals surface area contributed by atoms with Gasteiger partial charge >= 0.3 is 0 Å². The van der Waals surface area contributed by atoms with Crippen molar-refractivity contribution in [2.75, 3.05) is 7.11 Å². The van der Waals surface area contributed by atoms with Crippen LogP contribution in [0.3, 0.4) is 0 Å². The first-order valence-corrected chi connectivity index (χ1v) is 13.1. The zero-order valence-electron chi connectivity index (χ0n) is 19.4. The highest BCUT2D eigenvalue weighted by atomic mass is 28.4. The van der Waals surface area contributed by atoms with Crippen LogP contribution in [0.1, 0.15) is 75.7 Å². The number of aliphatic hydroxyl groups excluding tert-OH is 1. The van der Waals surface area contributed by atoms with Crippen molar-refractivity contribution >= 4 is 8.32 Å². The molecule has 0 aliphatic heterocycles. The average Bonchev–Trinajstić information content (AvgIpc) is 2.66. The summed E-state index contributed by atoms with van der Waals surface area (Å²) in [4.78, 5) is 0. The Morgan fingerprint density at radius 3 is 1.77 bits per heavy atom. The molecule has 2 unspecified atom stereocenters. The van der Waals surface area contributed by atoms with E-state index in [1.165, 1.54) is 11.1 Å². The predicted octanol–water partition coefficient (Wildman–Crippen LogP) is 6.18. The van der Waals surface area contributed by atoms with Gasteiger partial charge in [-0.25, -0.2) is 0 Å². The van der Waals surface area contributed by atoms with Crippen LogP contribution < -0.4 is 0 Å². The molecule has 0 heterocycles. The zero-order valence-corrected chi connectivity index (χ0v) is 20.4. The molecule has 0 aromatic rings. The van der Waals surface area contributed by atoms with Crippen LogP contribution in [0, 0.1) is 11.3 Å².